The van der Waals surface area contributed by atoms with Crippen LogP contribution in [0.5, 0.6) is 11.5 Å². The van der Waals surface area contributed by atoms with Gasteiger partial charge in [-0.3, -0.25) is 9.59 Å². The van der Waals surface area contributed by atoms with Crippen molar-refractivity contribution in [2.75, 3.05) is 0 Å². The summed E-state index contributed by atoms with van der Waals surface area (Å²) in [7, 11) is 0. The van der Waals surface area contributed by atoms with Gasteiger partial charge in [-0.2, -0.15) is 0 Å². The lowest BCUT2D eigenvalue weighted by Gasteiger charge is -2.12. The monoisotopic (exact) mass is 418 g/mol. The van der Waals surface area contributed by atoms with Crippen molar-refractivity contribution in [2.45, 2.75) is 89.9 Å². The van der Waals surface area contributed by atoms with Crippen molar-refractivity contribution < 1.29 is 30.0 Å². The Kier molecular flexibility index (Phi) is 6.94. The Labute approximate surface area is 177 Å². The summed E-state index contributed by atoms with van der Waals surface area (Å²) in [6.45, 7) is 0. The highest BCUT2D eigenvalue weighted by atomic mass is 16.4. The van der Waals surface area contributed by atoms with E-state index in [1.807, 2.05) is 6.07 Å². The van der Waals surface area contributed by atoms with Gasteiger partial charge in [0, 0.05) is 6.07 Å². The molecule has 3 rings (SSSR count). The number of unbranched alkanes of at least 4 members (excludes halogenated alkanes) is 4. The van der Waals surface area contributed by atoms with Crippen LogP contribution in [0, 0.1) is 10.8 Å². The van der Waals surface area contributed by atoms with E-state index in [4.69, 9.17) is 0 Å². The van der Waals surface area contributed by atoms with Gasteiger partial charge in [-0.05, 0) is 81.4 Å². The Morgan fingerprint density at radius 3 is 1.40 bits per heavy atom. The topological polar surface area (TPSA) is 115 Å². The smallest absolute Gasteiger partial charge is 0.309 e. The molecular formula is C24H34O6. The minimum Gasteiger partial charge on any atom is -0.508 e. The summed E-state index contributed by atoms with van der Waals surface area (Å²) in [6.07, 6.45) is 11.4. The lowest BCUT2D eigenvalue weighted by molar-refractivity contribution is -0.144. The van der Waals surface area contributed by atoms with Crippen LogP contribution in [0.15, 0.2) is 12.1 Å². The zero-order valence-electron chi connectivity index (χ0n) is 17.7. The van der Waals surface area contributed by atoms with Crippen LogP contribution in [0.25, 0.3) is 0 Å². The number of carbonyl (C=O) groups is 2. The maximum absolute atomic E-state index is 11.2. The second kappa shape index (κ2) is 9.27. The average molecular weight is 419 g/mol. The van der Waals surface area contributed by atoms with E-state index in [0.717, 1.165) is 88.2 Å². The van der Waals surface area contributed by atoms with Gasteiger partial charge in [0.2, 0.25) is 0 Å². The van der Waals surface area contributed by atoms with Crippen molar-refractivity contribution in [3.63, 3.8) is 0 Å². The molecule has 6 heteroatoms. The highest BCUT2D eigenvalue weighted by Crippen LogP contribution is 2.50. The fourth-order valence-corrected chi connectivity index (χ4v) is 4.43. The molecule has 0 radical (unpaired) electrons. The maximum Gasteiger partial charge on any atom is 0.309 e. The average Bonchev–Trinajstić information content (AvgIpc) is 3.59. The Morgan fingerprint density at radius 2 is 1.07 bits per heavy atom. The first-order valence-electron chi connectivity index (χ1n) is 11.3. The summed E-state index contributed by atoms with van der Waals surface area (Å²) < 4.78 is 0. The Hall–Kier alpha value is -2.24. The number of aryl methyl sites for hydroxylation is 2. The van der Waals surface area contributed by atoms with E-state index >= 15 is 0 Å². The normalized spacial score (nSPS) is 18.1. The summed E-state index contributed by atoms with van der Waals surface area (Å²) in [4.78, 5) is 22.4. The van der Waals surface area contributed by atoms with Crippen molar-refractivity contribution in [3.05, 3.63) is 23.3 Å². The highest BCUT2D eigenvalue weighted by Gasteiger charge is 2.49. The van der Waals surface area contributed by atoms with Crippen molar-refractivity contribution in [1.29, 1.82) is 0 Å². The van der Waals surface area contributed by atoms with Crippen LogP contribution in [0.1, 0.15) is 88.2 Å². The zero-order chi connectivity index (χ0) is 21.8. The standard InChI is InChI=1S/C24H34O6/c25-19-16-20(26)18(8-4-2-6-10-24(13-14-24)22(29)30)15-17(19)7-3-1-5-9-23(11-12-23)21(27)28/h15-16,25-26H,1-14H2,(H,27,28)(H,29,30). The zero-order valence-corrected chi connectivity index (χ0v) is 17.7. The second-order valence-corrected chi connectivity index (χ2v) is 9.40. The number of carboxylic acid groups (broad SMARTS) is 2. The number of carboxylic acids is 2. The van der Waals surface area contributed by atoms with Crippen molar-refractivity contribution >= 4 is 11.9 Å². The van der Waals surface area contributed by atoms with E-state index < -0.39 is 22.8 Å². The first-order valence-corrected chi connectivity index (χ1v) is 11.3. The van der Waals surface area contributed by atoms with Gasteiger partial charge >= 0.3 is 11.9 Å². The minimum absolute atomic E-state index is 0.109. The molecule has 0 heterocycles. The molecule has 0 bridgehead atoms. The summed E-state index contributed by atoms with van der Waals surface area (Å²) >= 11 is 0. The van der Waals surface area contributed by atoms with Gasteiger partial charge in [-0.1, -0.05) is 25.7 Å². The molecule has 0 amide bonds. The van der Waals surface area contributed by atoms with Gasteiger partial charge in [-0.25, -0.2) is 0 Å². The number of aromatic hydroxyl groups is 2. The largest absolute Gasteiger partial charge is 0.508 e. The molecule has 2 aliphatic rings. The molecule has 1 aromatic rings. The van der Waals surface area contributed by atoms with Crippen LogP contribution < -0.4 is 0 Å². The lowest BCUT2D eigenvalue weighted by atomic mass is 9.95. The molecule has 0 spiro atoms. The Bertz CT molecular complexity index is 715. The molecule has 166 valence electrons. The van der Waals surface area contributed by atoms with Crippen LogP contribution in [0.3, 0.4) is 0 Å². The van der Waals surface area contributed by atoms with Gasteiger partial charge in [0.05, 0.1) is 10.8 Å². The van der Waals surface area contributed by atoms with Crippen molar-refractivity contribution in [1.82, 2.24) is 0 Å². The quantitative estimate of drug-likeness (QED) is 0.315. The molecule has 0 aliphatic heterocycles. The molecule has 0 saturated heterocycles. The fraction of sp³-hybridized carbons (Fsp3) is 0.667. The number of benzene rings is 1. The number of aliphatic carboxylic acids is 2. The molecule has 2 aliphatic carbocycles. The Balaban J connectivity index is 1.39. The molecule has 2 fully saturated rings. The van der Waals surface area contributed by atoms with Crippen LogP contribution in [0.4, 0.5) is 0 Å². The Morgan fingerprint density at radius 1 is 0.667 bits per heavy atom. The lowest BCUT2D eigenvalue weighted by Crippen LogP contribution is -2.14. The predicted molar refractivity (Wildman–Crippen MR) is 113 cm³/mol. The molecule has 30 heavy (non-hydrogen) atoms. The van der Waals surface area contributed by atoms with Gasteiger partial charge in [-0.15, -0.1) is 0 Å². The third-order valence-electron chi connectivity index (χ3n) is 7.10. The van der Waals surface area contributed by atoms with E-state index in [2.05, 4.69) is 0 Å². The van der Waals surface area contributed by atoms with Crippen LogP contribution in [-0.2, 0) is 22.4 Å². The van der Waals surface area contributed by atoms with Gasteiger partial charge in [0.25, 0.3) is 0 Å². The van der Waals surface area contributed by atoms with Gasteiger partial charge in [0.15, 0.2) is 0 Å². The van der Waals surface area contributed by atoms with Crippen LogP contribution in [0.2, 0.25) is 0 Å². The highest BCUT2D eigenvalue weighted by molar-refractivity contribution is 5.78. The molecule has 1 aromatic carbocycles. The molecule has 0 atom stereocenters. The third kappa shape index (κ3) is 5.46. The molecular weight excluding hydrogens is 384 g/mol. The first-order chi connectivity index (χ1) is 14.3. The number of hydrogen-bond acceptors (Lipinski definition) is 4. The molecule has 2 saturated carbocycles. The second-order valence-electron chi connectivity index (χ2n) is 9.40. The maximum atomic E-state index is 11.2. The summed E-state index contributed by atoms with van der Waals surface area (Å²) in [5, 5.41) is 38.7. The number of phenolic OH excluding ortho intramolecular Hbond substituents is 2. The molecule has 4 N–H and O–H groups in total. The van der Waals surface area contributed by atoms with Crippen molar-refractivity contribution in [2.24, 2.45) is 10.8 Å². The third-order valence-corrected chi connectivity index (χ3v) is 7.10. The summed E-state index contributed by atoms with van der Waals surface area (Å²) in [6, 6.07) is 3.29. The van der Waals surface area contributed by atoms with E-state index in [1.165, 1.54) is 6.07 Å². The van der Waals surface area contributed by atoms with Crippen molar-refractivity contribution in [3.8, 4) is 11.5 Å². The van der Waals surface area contributed by atoms with Gasteiger partial charge < -0.3 is 20.4 Å². The van der Waals surface area contributed by atoms with Crippen LogP contribution >= 0.6 is 0 Å². The summed E-state index contributed by atoms with van der Waals surface area (Å²) in [5.74, 6) is -1.12. The molecule has 6 nitrogen and oxygen atoms in total. The molecule has 0 unspecified atom stereocenters. The minimum atomic E-state index is -0.668. The number of phenols is 2. The molecule has 0 aromatic heterocycles. The van der Waals surface area contributed by atoms with Gasteiger partial charge in [0.1, 0.15) is 11.5 Å². The van der Waals surface area contributed by atoms with E-state index in [1.54, 1.807) is 0 Å². The number of hydrogen-bond donors (Lipinski definition) is 4. The fourth-order valence-electron chi connectivity index (χ4n) is 4.43. The van der Waals surface area contributed by atoms with Crippen LogP contribution in [-0.4, -0.2) is 32.4 Å². The SMILES string of the molecule is O=C(O)C1(CCCCCc2cc(CCCCCC3(C(=O)O)CC3)c(O)cc2O)CC1. The van der Waals surface area contributed by atoms with E-state index in [-0.39, 0.29) is 11.5 Å². The first kappa shape index (κ1) is 22.4. The van der Waals surface area contributed by atoms with E-state index in [0.29, 0.717) is 12.8 Å². The number of rotatable bonds is 14. The van der Waals surface area contributed by atoms with E-state index in [9.17, 15) is 30.0 Å². The summed E-state index contributed by atoms with van der Waals surface area (Å²) in [5.41, 5.74) is 0.726. The predicted octanol–water partition coefficient (Wildman–Crippen LogP) is 5.03.